The lowest BCUT2D eigenvalue weighted by Crippen LogP contribution is -2.77. The van der Waals surface area contributed by atoms with Crippen LogP contribution in [0.3, 0.4) is 0 Å². The van der Waals surface area contributed by atoms with E-state index in [1.54, 1.807) is 0 Å². The Bertz CT molecular complexity index is 2080. The molecule has 304 valence electrons. The summed E-state index contributed by atoms with van der Waals surface area (Å²) in [4.78, 5) is 28.7. The molecular formula is C51H60O4Si4. The Kier molecular flexibility index (Phi) is 12.8. The Hall–Kier alpha value is -4.55. The summed E-state index contributed by atoms with van der Waals surface area (Å²) >= 11 is 0. The Morgan fingerprint density at radius 2 is 0.627 bits per heavy atom. The normalized spacial score (nSPS) is 12.9. The van der Waals surface area contributed by atoms with E-state index in [4.69, 9.17) is 8.85 Å². The largest absolute Gasteiger partial charge is 0.398 e. The standard InChI is InChI=1S/C51H60O4Si4/c1-50(2,54-58(56(5,6)7,44-23-15-11-16-24-44)45-25-17-12-18-26-45)48(52)42-35-31-40(32-36-42)39-41-33-37-43(38-34-41)49(53)51(3,4)55-59(57(8,9)10,46-27-19-13-20-28-46)47-29-21-14-22-30-47/h11-38H,39H2,1-10H3. The lowest BCUT2D eigenvalue weighted by Gasteiger charge is -2.46. The van der Waals surface area contributed by atoms with Gasteiger partial charge in [0, 0.05) is 11.1 Å². The average molecular weight is 849 g/mol. The van der Waals surface area contributed by atoms with Crippen molar-refractivity contribution in [2.45, 2.75) is 84.6 Å². The topological polar surface area (TPSA) is 52.6 Å². The number of Topliss-reactive ketones (excluding diaryl/α,β-unsaturated/α-hetero) is 2. The summed E-state index contributed by atoms with van der Waals surface area (Å²) in [5, 5.41) is 4.80. The van der Waals surface area contributed by atoms with E-state index in [-0.39, 0.29) is 11.6 Å². The van der Waals surface area contributed by atoms with Crippen LogP contribution in [0.5, 0.6) is 0 Å². The smallest absolute Gasteiger partial charge is 0.241 e. The highest BCUT2D eigenvalue weighted by Gasteiger charge is 2.56. The van der Waals surface area contributed by atoms with Gasteiger partial charge < -0.3 is 8.85 Å². The number of rotatable bonds is 16. The van der Waals surface area contributed by atoms with E-state index in [2.05, 4.69) is 136 Å². The van der Waals surface area contributed by atoms with Gasteiger partial charge in [-0.15, -0.1) is 0 Å². The highest BCUT2D eigenvalue weighted by atomic mass is 29.3. The molecule has 4 nitrogen and oxygen atoms in total. The maximum Gasteiger partial charge on any atom is 0.241 e. The second-order valence-electron chi connectivity index (χ2n) is 18.8. The Labute approximate surface area is 356 Å². The van der Waals surface area contributed by atoms with Crippen molar-refractivity contribution in [3.05, 3.63) is 192 Å². The highest BCUT2D eigenvalue weighted by molar-refractivity contribution is 7.49. The SMILES string of the molecule is CC(C)(O[Si](c1ccccc1)(c1ccccc1)[Si](C)(C)C)C(=O)c1ccc(Cc2ccc(C(=O)C(C)(C)O[Si](c3ccccc3)(c3ccccc3)[Si](C)(C)C)cc2)cc1. The molecule has 6 aromatic rings. The van der Waals surface area contributed by atoms with Gasteiger partial charge in [0.05, 0.1) is 15.2 Å². The summed E-state index contributed by atoms with van der Waals surface area (Å²) in [5.41, 5.74) is 1.31. The Morgan fingerprint density at radius 1 is 0.390 bits per heavy atom. The Balaban J connectivity index is 1.20. The zero-order valence-electron chi connectivity index (χ0n) is 36.5. The monoisotopic (exact) mass is 848 g/mol. The number of ketones is 2. The van der Waals surface area contributed by atoms with Crippen LogP contribution in [0.15, 0.2) is 170 Å². The first kappa shape index (κ1) is 44.0. The molecule has 0 amide bonds. The summed E-state index contributed by atoms with van der Waals surface area (Å²) < 4.78 is 14.7. The van der Waals surface area contributed by atoms with E-state index in [0.717, 1.165) is 11.1 Å². The van der Waals surface area contributed by atoms with Crippen molar-refractivity contribution in [2.75, 3.05) is 0 Å². The first-order chi connectivity index (χ1) is 27.8. The van der Waals surface area contributed by atoms with Gasteiger partial charge in [0.25, 0.3) is 0 Å². The third-order valence-corrected chi connectivity index (χ3v) is 38.8. The fourth-order valence-corrected chi connectivity index (χ4v) is 34.0. The summed E-state index contributed by atoms with van der Waals surface area (Å²) in [7, 11) is -9.77. The van der Waals surface area contributed by atoms with E-state index in [0.29, 0.717) is 17.5 Å². The van der Waals surface area contributed by atoms with Crippen molar-refractivity contribution in [1.29, 1.82) is 0 Å². The molecule has 0 spiro atoms. The predicted molar refractivity (Wildman–Crippen MR) is 257 cm³/mol. The molecule has 0 heterocycles. The fraction of sp³-hybridized carbons (Fsp3) is 0.255. The number of benzene rings is 6. The summed E-state index contributed by atoms with van der Waals surface area (Å²) in [6, 6.07) is 58.1. The maximum atomic E-state index is 14.4. The first-order valence-electron chi connectivity index (χ1n) is 20.7. The van der Waals surface area contributed by atoms with Crippen LogP contribution >= 0.6 is 0 Å². The molecule has 0 saturated heterocycles. The van der Waals surface area contributed by atoms with Crippen LogP contribution in [0, 0.1) is 0 Å². The van der Waals surface area contributed by atoms with E-state index in [1.165, 1.54) is 20.7 Å². The summed E-state index contributed by atoms with van der Waals surface area (Å²) in [5.74, 6) is -0.0565. The van der Waals surface area contributed by atoms with Crippen LogP contribution in [-0.2, 0) is 15.3 Å². The molecule has 6 aromatic carbocycles. The van der Waals surface area contributed by atoms with Crippen molar-refractivity contribution >= 4 is 63.2 Å². The van der Waals surface area contributed by atoms with Crippen LogP contribution in [-0.4, -0.2) is 53.6 Å². The zero-order valence-corrected chi connectivity index (χ0v) is 40.5. The molecular weight excluding hydrogens is 789 g/mol. The lowest BCUT2D eigenvalue weighted by atomic mass is 9.94. The van der Waals surface area contributed by atoms with Crippen molar-refractivity contribution < 1.29 is 18.4 Å². The van der Waals surface area contributed by atoms with Crippen molar-refractivity contribution in [3.63, 3.8) is 0 Å². The van der Waals surface area contributed by atoms with Crippen LogP contribution in [0.25, 0.3) is 0 Å². The third kappa shape index (κ3) is 8.99. The molecule has 0 N–H and O–H groups in total. The molecule has 0 atom stereocenters. The molecule has 0 unspecified atom stereocenters. The second-order valence-corrected chi connectivity index (χ2v) is 46.4. The molecule has 6 rings (SSSR count). The molecule has 0 saturated carbocycles. The van der Waals surface area contributed by atoms with E-state index < -0.39 is 42.1 Å². The van der Waals surface area contributed by atoms with Crippen LogP contribution in [0.4, 0.5) is 0 Å². The molecule has 8 heteroatoms. The van der Waals surface area contributed by atoms with Gasteiger partial charge in [0.1, 0.15) is 11.2 Å². The van der Waals surface area contributed by atoms with Gasteiger partial charge >= 0.3 is 0 Å². The lowest BCUT2D eigenvalue weighted by molar-refractivity contribution is 0.0578. The number of carbonyl (C=O) groups is 2. The highest BCUT2D eigenvalue weighted by Crippen LogP contribution is 2.31. The van der Waals surface area contributed by atoms with E-state index in [9.17, 15) is 9.59 Å². The fourth-order valence-electron chi connectivity index (χ4n) is 8.64. The minimum Gasteiger partial charge on any atom is -0.398 e. The van der Waals surface area contributed by atoms with Crippen LogP contribution < -0.4 is 20.7 Å². The van der Waals surface area contributed by atoms with Crippen LogP contribution in [0.1, 0.15) is 59.5 Å². The van der Waals surface area contributed by atoms with Crippen molar-refractivity contribution in [2.24, 2.45) is 0 Å². The van der Waals surface area contributed by atoms with Crippen LogP contribution in [0.2, 0.25) is 39.3 Å². The molecule has 59 heavy (non-hydrogen) atoms. The molecule has 0 aromatic heterocycles. The number of carbonyl (C=O) groups excluding carboxylic acids is 2. The maximum absolute atomic E-state index is 14.4. The van der Waals surface area contributed by atoms with Gasteiger partial charge in [-0.3, -0.25) is 9.59 Å². The van der Waals surface area contributed by atoms with Gasteiger partial charge in [-0.05, 0) is 66.0 Å². The zero-order chi connectivity index (χ0) is 42.7. The number of hydrogen-bond donors (Lipinski definition) is 0. The average Bonchev–Trinajstić information content (AvgIpc) is 3.22. The molecule has 0 aliphatic carbocycles. The van der Waals surface area contributed by atoms with Gasteiger partial charge in [0.15, 0.2) is 11.6 Å². The van der Waals surface area contributed by atoms with E-state index in [1.807, 2.05) is 100 Å². The van der Waals surface area contributed by atoms with Gasteiger partial charge in [-0.25, -0.2) is 0 Å². The first-order valence-corrected chi connectivity index (χ1v) is 33.5. The van der Waals surface area contributed by atoms with Gasteiger partial charge in [-0.1, -0.05) is 209 Å². The minimum atomic E-state index is -2.83. The molecule has 0 fully saturated rings. The van der Waals surface area contributed by atoms with Crippen molar-refractivity contribution in [1.82, 2.24) is 0 Å². The summed E-state index contributed by atoms with van der Waals surface area (Å²) in [6.07, 6.45) is 0.671. The predicted octanol–water partition coefficient (Wildman–Crippen LogP) is 9.59. The van der Waals surface area contributed by atoms with Gasteiger partial charge in [0.2, 0.25) is 15.7 Å². The van der Waals surface area contributed by atoms with Crippen molar-refractivity contribution in [3.8, 4) is 0 Å². The number of hydrogen-bond acceptors (Lipinski definition) is 4. The van der Waals surface area contributed by atoms with E-state index >= 15 is 0 Å². The Morgan fingerprint density at radius 3 is 0.847 bits per heavy atom. The minimum absolute atomic E-state index is 0.0283. The molecule has 0 aliphatic heterocycles. The summed E-state index contributed by atoms with van der Waals surface area (Å²) in [6.45, 7) is 21.9. The molecule has 0 radical (unpaired) electrons. The second kappa shape index (κ2) is 17.2. The van der Waals surface area contributed by atoms with Gasteiger partial charge in [-0.2, -0.15) is 0 Å². The molecule has 0 aliphatic rings. The molecule has 0 bridgehead atoms. The third-order valence-electron chi connectivity index (χ3n) is 11.6. The quantitative estimate of drug-likeness (QED) is 0.0720.